The highest BCUT2D eigenvalue weighted by atomic mass is 35.5. The summed E-state index contributed by atoms with van der Waals surface area (Å²) in [7, 11) is 0. The van der Waals surface area contributed by atoms with Crippen LogP contribution in [0.3, 0.4) is 0 Å². The number of benzene rings is 2. The van der Waals surface area contributed by atoms with E-state index in [9.17, 15) is 18.8 Å². The van der Waals surface area contributed by atoms with Gasteiger partial charge in [-0.1, -0.05) is 23.7 Å². The molecule has 3 aromatic rings. The second kappa shape index (κ2) is 13.7. The van der Waals surface area contributed by atoms with E-state index in [2.05, 4.69) is 4.98 Å². The van der Waals surface area contributed by atoms with Gasteiger partial charge in [0, 0.05) is 35.9 Å². The number of rotatable bonds is 11. The fourth-order valence-electron chi connectivity index (χ4n) is 3.76. The van der Waals surface area contributed by atoms with E-state index in [1.165, 1.54) is 46.2 Å². The predicted molar refractivity (Wildman–Crippen MR) is 151 cm³/mol. The van der Waals surface area contributed by atoms with Crippen molar-refractivity contribution in [3.8, 4) is 5.75 Å². The predicted octanol–water partition coefficient (Wildman–Crippen LogP) is 5.61. The van der Waals surface area contributed by atoms with Crippen LogP contribution in [0.15, 0.2) is 67.0 Å². The highest BCUT2D eigenvalue weighted by Crippen LogP contribution is 2.26. The summed E-state index contributed by atoms with van der Waals surface area (Å²) in [5.41, 5.74) is 5.33. The van der Waals surface area contributed by atoms with Crippen molar-refractivity contribution in [3.63, 3.8) is 0 Å². The maximum absolute atomic E-state index is 14.6. The van der Waals surface area contributed by atoms with Gasteiger partial charge in [-0.15, -0.1) is 0 Å². The number of hydrogen-bond donors (Lipinski definition) is 1. The molecule has 0 aliphatic rings. The smallest absolute Gasteiger partial charge is 0.414 e. The van der Waals surface area contributed by atoms with Gasteiger partial charge in [0.05, 0.1) is 17.9 Å². The number of para-hydroxylation sites is 1. The summed E-state index contributed by atoms with van der Waals surface area (Å²) >= 11 is 6.30. The Morgan fingerprint density at radius 1 is 1.00 bits per heavy atom. The maximum atomic E-state index is 14.6. The number of ether oxygens (including phenoxy) is 2. The van der Waals surface area contributed by atoms with E-state index >= 15 is 0 Å². The summed E-state index contributed by atoms with van der Waals surface area (Å²) in [4.78, 5) is 44.3. The summed E-state index contributed by atoms with van der Waals surface area (Å²) < 4.78 is 26.0. The molecule has 0 aliphatic carbocycles. The lowest BCUT2D eigenvalue weighted by Crippen LogP contribution is -2.39. The zero-order chi connectivity index (χ0) is 29.3. The molecule has 3 rings (SSSR count). The quantitative estimate of drug-likeness (QED) is 0.320. The van der Waals surface area contributed by atoms with Gasteiger partial charge in [-0.3, -0.25) is 19.5 Å². The van der Waals surface area contributed by atoms with E-state index in [4.69, 9.17) is 26.8 Å². The number of primary amides is 1. The van der Waals surface area contributed by atoms with Gasteiger partial charge in [0.15, 0.2) is 0 Å². The van der Waals surface area contributed by atoms with Gasteiger partial charge >= 0.3 is 6.09 Å². The number of amides is 3. The SMILES string of the molecule is CC(C)(C)OC(=O)N(CCOc1cc(Cl)cc(C(=O)N(CCCC(N)=O)c2ccccc2F)c1)c1ccncc1. The van der Waals surface area contributed by atoms with Crippen LogP contribution in [-0.2, 0) is 9.53 Å². The Balaban J connectivity index is 1.79. The number of nitrogens with two attached hydrogens (primary N) is 1. The van der Waals surface area contributed by atoms with E-state index in [1.807, 2.05) is 0 Å². The minimum absolute atomic E-state index is 0.0355. The van der Waals surface area contributed by atoms with Crippen molar-refractivity contribution < 1.29 is 28.2 Å². The zero-order valence-electron chi connectivity index (χ0n) is 22.6. The lowest BCUT2D eigenvalue weighted by Gasteiger charge is -2.27. The number of pyridine rings is 1. The Morgan fingerprint density at radius 2 is 1.70 bits per heavy atom. The molecule has 11 heteroatoms. The van der Waals surface area contributed by atoms with Crippen molar-refractivity contribution in [1.29, 1.82) is 0 Å². The van der Waals surface area contributed by atoms with Crippen LogP contribution in [0.1, 0.15) is 44.0 Å². The molecular weight excluding hydrogens is 539 g/mol. The molecule has 0 spiro atoms. The monoisotopic (exact) mass is 570 g/mol. The molecule has 1 heterocycles. The number of hydrogen-bond acceptors (Lipinski definition) is 6. The first-order valence-corrected chi connectivity index (χ1v) is 13.0. The van der Waals surface area contributed by atoms with Crippen molar-refractivity contribution in [2.45, 2.75) is 39.2 Å². The van der Waals surface area contributed by atoms with E-state index in [0.717, 1.165) is 0 Å². The molecule has 40 heavy (non-hydrogen) atoms. The van der Waals surface area contributed by atoms with Crippen LogP contribution in [-0.4, -0.2) is 48.2 Å². The van der Waals surface area contributed by atoms with E-state index in [0.29, 0.717) is 5.69 Å². The Labute approximate surface area is 237 Å². The molecule has 2 aromatic carbocycles. The average Bonchev–Trinajstić information content (AvgIpc) is 2.88. The van der Waals surface area contributed by atoms with Gasteiger partial charge in [0.25, 0.3) is 5.91 Å². The van der Waals surface area contributed by atoms with Crippen LogP contribution >= 0.6 is 11.6 Å². The van der Waals surface area contributed by atoms with Crippen molar-refractivity contribution in [2.75, 3.05) is 29.5 Å². The molecule has 9 nitrogen and oxygen atoms in total. The summed E-state index contributed by atoms with van der Waals surface area (Å²) in [6.07, 6.45) is 2.85. The zero-order valence-corrected chi connectivity index (χ0v) is 23.4. The number of nitrogens with zero attached hydrogens (tertiary/aromatic N) is 3. The second-order valence-electron chi connectivity index (χ2n) is 9.84. The first-order chi connectivity index (χ1) is 18.9. The van der Waals surface area contributed by atoms with Gasteiger partial charge in [-0.2, -0.15) is 0 Å². The molecule has 0 saturated heterocycles. The number of anilines is 2. The molecule has 0 radical (unpaired) electrons. The van der Waals surface area contributed by atoms with Crippen LogP contribution in [0.5, 0.6) is 5.75 Å². The summed E-state index contributed by atoms with van der Waals surface area (Å²) in [5, 5.41) is 0.226. The number of carbonyl (C=O) groups is 3. The first-order valence-electron chi connectivity index (χ1n) is 12.6. The molecule has 212 valence electrons. The Hall–Kier alpha value is -4.18. The maximum Gasteiger partial charge on any atom is 0.414 e. The van der Waals surface area contributed by atoms with Gasteiger partial charge in [-0.05, 0) is 69.7 Å². The number of carbonyl (C=O) groups excluding carboxylic acids is 3. The van der Waals surface area contributed by atoms with Gasteiger partial charge in [0.1, 0.15) is 23.8 Å². The molecule has 3 amide bonds. The Morgan fingerprint density at radius 3 is 2.35 bits per heavy atom. The third-order valence-corrected chi connectivity index (χ3v) is 5.70. The standard InChI is InChI=1S/C29H32ClFN4O5/c1-29(2,3)40-28(38)34(22-10-12-33-13-11-22)15-16-39-23-18-20(17-21(30)19-23)27(37)35(14-6-9-26(32)36)25-8-5-4-7-24(25)31/h4-5,7-8,10-13,17-19H,6,9,14-16H2,1-3H3,(H2,32,36). The van der Waals surface area contributed by atoms with E-state index in [-0.39, 0.29) is 54.6 Å². The molecule has 0 fully saturated rings. The van der Waals surface area contributed by atoms with Crippen LogP contribution in [0, 0.1) is 5.82 Å². The van der Waals surface area contributed by atoms with E-state index < -0.39 is 29.3 Å². The molecule has 0 unspecified atom stereocenters. The Bertz CT molecular complexity index is 1330. The van der Waals surface area contributed by atoms with Crippen molar-refractivity contribution in [2.24, 2.45) is 5.73 Å². The minimum atomic E-state index is -0.701. The minimum Gasteiger partial charge on any atom is -0.492 e. The van der Waals surface area contributed by atoms with Crippen LogP contribution in [0.2, 0.25) is 5.02 Å². The van der Waals surface area contributed by atoms with E-state index in [1.54, 1.807) is 51.4 Å². The molecule has 0 atom stereocenters. The fraction of sp³-hybridized carbons (Fsp3) is 0.310. The lowest BCUT2D eigenvalue weighted by molar-refractivity contribution is -0.118. The van der Waals surface area contributed by atoms with Crippen molar-refractivity contribution in [3.05, 3.63) is 83.4 Å². The van der Waals surface area contributed by atoms with Crippen molar-refractivity contribution >= 4 is 40.9 Å². The first kappa shape index (κ1) is 30.4. The summed E-state index contributed by atoms with van der Waals surface area (Å²) in [5.74, 6) is -1.37. The van der Waals surface area contributed by atoms with Gasteiger partial charge in [0.2, 0.25) is 5.91 Å². The van der Waals surface area contributed by atoms with Crippen LogP contribution < -0.4 is 20.3 Å². The highest BCUT2D eigenvalue weighted by molar-refractivity contribution is 6.31. The molecule has 2 N–H and O–H groups in total. The molecule has 0 aliphatic heterocycles. The molecular formula is C29H32ClFN4O5. The fourth-order valence-corrected chi connectivity index (χ4v) is 3.99. The van der Waals surface area contributed by atoms with Gasteiger partial charge in [-0.25, -0.2) is 9.18 Å². The molecule has 0 bridgehead atoms. The Kier molecular flexibility index (Phi) is 10.4. The van der Waals surface area contributed by atoms with Gasteiger partial charge < -0.3 is 20.1 Å². The highest BCUT2D eigenvalue weighted by Gasteiger charge is 2.24. The number of halogens is 2. The third kappa shape index (κ3) is 8.94. The molecule has 1 aromatic heterocycles. The third-order valence-electron chi connectivity index (χ3n) is 5.48. The second-order valence-corrected chi connectivity index (χ2v) is 10.3. The molecule has 0 saturated carbocycles. The van der Waals surface area contributed by atoms with Crippen molar-refractivity contribution in [1.82, 2.24) is 4.98 Å². The topological polar surface area (TPSA) is 115 Å². The van der Waals surface area contributed by atoms with Crippen LogP contribution in [0.25, 0.3) is 0 Å². The average molecular weight is 571 g/mol. The largest absolute Gasteiger partial charge is 0.492 e. The number of aromatic nitrogens is 1. The summed E-state index contributed by atoms with van der Waals surface area (Å²) in [6.45, 7) is 5.55. The van der Waals surface area contributed by atoms with Crippen LogP contribution in [0.4, 0.5) is 20.6 Å². The lowest BCUT2D eigenvalue weighted by atomic mass is 10.1. The normalized spacial score (nSPS) is 11.0. The summed E-state index contributed by atoms with van der Waals surface area (Å²) in [6, 6.07) is 13.7.